The number of nitrogens with zero attached hydrogens (tertiary/aromatic N) is 1. The van der Waals surface area contributed by atoms with Crippen LogP contribution in [-0.4, -0.2) is 5.10 Å². The number of fused-ring (bicyclic) bond motifs is 4. The second kappa shape index (κ2) is 4.22. The van der Waals surface area contributed by atoms with Gasteiger partial charge in [-0.05, 0) is 24.6 Å². The molecule has 0 saturated heterocycles. The van der Waals surface area contributed by atoms with Gasteiger partial charge in [-0.25, -0.2) is 0 Å². The fourth-order valence-corrected chi connectivity index (χ4v) is 3.70. The van der Waals surface area contributed by atoms with E-state index in [0.29, 0.717) is 5.39 Å². The second-order valence-corrected chi connectivity index (χ2v) is 6.64. The third-order valence-electron chi connectivity index (χ3n) is 5.12. The van der Waals surface area contributed by atoms with E-state index in [1.807, 2.05) is 28.9 Å². The maximum atomic E-state index is 12.4. The Morgan fingerprint density at radius 2 is 1.78 bits per heavy atom. The first-order valence-electron chi connectivity index (χ1n) is 8.00. The fraction of sp³-hybridized carbons (Fsp3) is 0.263. The number of nitrogens with one attached hydrogen (secondary N) is 1. The molecule has 0 amide bonds. The predicted molar refractivity (Wildman–Crippen MR) is 86.5 cm³/mol. The molecular formula is C19H17N2O2+. The Kier molecular flexibility index (Phi) is 2.36. The van der Waals surface area contributed by atoms with Crippen molar-refractivity contribution in [3.05, 3.63) is 70.0 Å². The summed E-state index contributed by atoms with van der Waals surface area (Å²) in [5.41, 5.74) is 2.22. The molecule has 1 aromatic heterocycles. The molecule has 5 rings (SSSR count). The van der Waals surface area contributed by atoms with E-state index in [-0.39, 0.29) is 17.2 Å². The summed E-state index contributed by atoms with van der Waals surface area (Å²) < 4.78 is 8.35. The Morgan fingerprint density at radius 3 is 2.48 bits per heavy atom. The van der Waals surface area contributed by atoms with Gasteiger partial charge >= 0.3 is 11.4 Å². The van der Waals surface area contributed by atoms with E-state index in [0.717, 1.165) is 24.1 Å². The van der Waals surface area contributed by atoms with Gasteiger partial charge in [0.15, 0.2) is 6.10 Å². The van der Waals surface area contributed by atoms with Crippen LogP contribution in [-0.2, 0) is 5.54 Å². The highest BCUT2D eigenvalue weighted by molar-refractivity contribution is 5.84. The Hall–Kier alpha value is -2.62. The minimum absolute atomic E-state index is 0.0374. The van der Waals surface area contributed by atoms with Crippen LogP contribution in [0, 0.1) is 6.92 Å². The molecule has 1 fully saturated rings. The molecule has 0 radical (unpaired) electrons. The number of aromatic amines is 1. The SMILES string of the molecule is Cc1ccc(C2Oc3c4ccccc4c(=O)[nH][n+]3C23CC3)cc1. The molecule has 2 aromatic carbocycles. The van der Waals surface area contributed by atoms with Crippen LogP contribution in [0.3, 0.4) is 0 Å². The van der Waals surface area contributed by atoms with Gasteiger partial charge in [0.2, 0.25) is 5.54 Å². The van der Waals surface area contributed by atoms with E-state index in [1.54, 1.807) is 0 Å². The van der Waals surface area contributed by atoms with Crippen LogP contribution >= 0.6 is 0 Å². The van der Waals surface area contributed by atoms with Crippen LogP contribution in [0.25, 0.3) is 10.8 Å². The number of hydrogen-bond acceptors (Lipinski definition) is 2. The number of hydrogen-bond donors (Lipinski definition) is 1. The Labute approximate surface area is 133 Å². The number of aryl methyl sites for hydroxylation is 1. The van der Waals surface area contributed by atoms with Gasteiger partial charge in [0.1, 0.15) is 5.39 Å². The third kappa shape index (κ3) is 1.66. The molecule has 1 aliphatic heterocycles. The van der Waals surface area contributed by atoms with Crippen LogP contribution in [0.15, 0.2) is 53.3 Å². The maximum Gasteiger partial charge on any atom is 0.401 e. The Morgan fingerprint density at radius 1 is 1.09 bits per heavy atom. The van der Waals surface area contributed by atoms with E-state index in [4.69, 9.17) is 4.74 Å². The maximum absolute atomic E-state index is 12.4. The normalized spacial score (nSPS) is 20.5. The van der Waals surface area contributed by atoms with Gasteiger partial charge in [-0.15, -0.1) is 5.10 Å². The van der Waals surface area contributed by atoms with Crippen molar-refractivity contribution in [3.63, 3.8) is 0 Å². The minimum Gasteiger partial charge on any atom is -0.427 e. The lowest BCUT2D eigenvalue weighted by Gasteiger charge is -2.12. The molecule has 1 aliphatic carbocycles. The monoisotopic (exact) mass is 305 g/mol. The van der Waals surface area contributed by atoms with Gasteiger partial charge in [-0.2, -0.15) is 0 Å². The van der Waals surface area contributed by atoms with Crippen molar-refractivity contribution >= 4 is 10.8 Å². The van der Waals surface area contributed by atoms with E-state index >= 15 is 0 Å². The summed E-state index contributed by atoms with van der Waals surface area (Å²) in [7, 11) is 0. The molecule has 1 saturated carbocycles. The third-order valence-corrected chi connectivity index (χ3v) is 5.12. The summed E-state index contributed by atoms with van der Waals surface area (Å²) in [4.78, 5) is 12.4. The van der Waals surface area contributed by atoms with Gasteiger partial charge in [-0.3, -0.25) is 4.79 Å². The molecule has 1 N–H and O–H groups in total. The highest BCUT2D eigenvalue weighted by Crippen LogP contribution is 2.55. The van der Waals surface area contributed by atoms with Gasteiger partial charge in [0.05, 0.1) is 5.39 Å². The second-order valence-electron chi connectivity index (χ2n) is 6.64. The molecule has 1 spiro atoms. The standard InChI is InChI=1S/C19H16N2O2/c1-12-6-8-13(9-7-12)16-19(10-11-19)21-18(23-16)15-5-3-2-4-14(15)17(22)20-21/h2-9,16H,10-11H2,1H3/p+1. The average Bonchev–Trinajstić information content (AvgIpc) is 3.30. The van der Waals surface area contributed by atoms with Crippen molar-refractivity contribution in [3.8, 4) is 5.88 Å². The molecule has 1 unspecified atom stereocenters. The molecule has 4 nitrogen and oxygen atoms in total. The summed E-state index contributed by atoms with van der Waals surface area (Å²) >= 11 is 0. The Balaban J connectivity index is 1.74. The summed E-state index contributed by atoms with van der Waals surface area (Å²) in [5.74, 6) is 0.781. The smallest absolute Gasteiger partial charge is 0.401 e. The fourth-order valence-electron chi connectivity index (χ4n) is 3.70. The topological polar surface area (TPSA) is 46.0 Å². The molecule has 2 aliphatic rings. The average molecular weight is 305 g/mol. The predicted octanol–water partition coefficient (Wildman–Crippen LogP) is 2.75. The first-order chi connectivity index (χ1) is 11.2. The van der Waals surface area contributed by atoms with Crippen molar-refractivity contribution < 1.29 is 9.42 Å². The highest BCUT2D eigenvalue weighted by Gasteiger charge is 2.68. The number of rotatable bonds is 1. The van der Waals surface area contributed by atoms with E-state index in [1.165, 1.54) is 11.1 Å². The van der Waals surface area contributed by atoms with Crippen LogP contribution in [0.4, 0.5) is 0 Å². The van der Waals surface area contributed by atoms with Gasteiger partial charge in [0.25, 0.3) is 0 Å². The van der Waals surface area contributed by atoms with Gasteiger partial charge in [-0.1, -0.05) is 46.6 Å². The molecular weight excluding hydrogens is 288 g/mol. The minimum atomic E-state index is -0.131. The lowest BCUT2D eigenvalue weighted by molar-refractivity contribution is -0.778. The molecule has 4 heteroatoms. The highest BCUT2D eigenvalue weighted by atomic mass is 16.5. The van der Waals surface area contributed by atoms with Crippen molar-refractivity contribution in [1.29, 1.82) is 0 Å². The zero-order chi connectivity index (χ0) is 15.6. The molecule has 2 heterocycles. The Bertz CT molecular complexity index is 984. The van der Waals surface area contributed by atoms with Crippen LogP contribution in [0.5, 0.6) is 5.88 Å². The molecule has 1 atom stereocenters. The molecule has 114 valence electrons. The van der Waals surface area contributed by atoms with Crippen LogP contribution in [0.1, 0.15) is 30.1 Å². The van der Waals surface area contributed by atoms with Gasteiger partial charge < -0.3 is 4.74 Å². The van der Waals surface area contributed by atoms with Crippen molar-refractivity contribution in [2.24, 2.45) is 0 Å². The lowest BCUT2D eigenvalue weighted by atomic mass is 10.00. The molecule has 0 bridgehead atoms. The summed E-state index contributed by atoms with van der Waals surface area (Å²) in [6, 6.07) is 16.1. The van der Waals surface area contributed by atoms with Crippen LogP contribution in [0.2, 0.25) is 0 Å². The number of ether oxygens (including phenoxy) is 1. The quantitative estimate of drug-likeness (QED) is 0.703. The lowest BCUT2D eigenvalue weighted by Crippen LogP contribution is -2.51. The van der Waals surface area contributed by atoms with Gasteiger partial charge in [0, 0.05) is 12.8 Å². The first-order valence-corrected chi connectivity index (χ1v) is 8.00. The summed E-state index contributed by atoms with van der Waals surface area (Å²) in [5, 5.41) is 4.60. The van der Waals surface area contributed by atoms with Crippen molar-refractivity contribution in [1.82, 2.24) is 5.10 Å². The van der Waals surface area contributed by atoms with Crippen LogP contribution < -0.4 is 15.0 Å². The molecule has 23 heavy (non-hydrogen) atoms. The zero-order valence-electron chi connectivity index (χ0n) is 12.9. The summed E-state index contributed by atoms with van der Waals surface area (Å²) in [6.07, 6.45) is 2.01. The first kappa shape index (κ1) is 12.9. The number of aromatic nitrogens is 2. The van der Waals surface area contributed by atoms with E-state index in [2.05, 4.69) is 36.3 Å². The molecule has 3 aromatic rings. The largest absolute Gasteiger partial charge is 0.427 e. The van der Waals surface area contributed by atoms with E-state index < -0.39 is 0 Å². The van der Waals surface area contributed by atoms with E-state index in [9.17, 15) is 4.79 Å². The van der Waals surface area contributed by atoms with Crippen molar-refractivity contribution in [2.45, 2.75) is 31.4 Å². The number of benzene rings is 2. The summed E-state index contributed by atoms with van der Waals surface area (Å²) in [6.45, 7) is 2.08. The number of H-pyrrole nitrogens is 1. The van der Waals surface area contributed by atoms with Crippen molar-refractivity contribution in [2.75, 3.05) is 0 Å². The zero-order valence-corrected chi connectivity index (χ0v) is 12.9.